The van der Waals surface area contributed by atoms with Gasteiger partial charge in [-0.05, 0) is 37.8 Å². The number of hydrogen-bond acceptors (Lipinski definition) is 2. The molecule has 25 heavy (non-hydrogen) atoms. The summed E-state index contributed by atoms with van der Waals surface area (Å²) in [6.07, 6.45) is 3.16. The fraction of sp³-hybridized carbons (Fsp3) is 0.391. The van der Waals surface area contributed by atoms with Crippen LogP contribution in [0.25, 0.3) is 0 Å². The van der Waals surface area contributed by atoms with E-state index in [1.165, 1.54) is 22.3 Å². The molecule has 0 radical (unpaired) electrons. The summed E-state index contributed by atoms with van der Waals surface area (Å²) < 4.78 is 0. The van der Waals surface area contributed by atoms with Crippen LogP contribution in [0.5, 0.6) is 0 Å². The van der Waals surface area contributed by atoms with Gasteiger partial charge in [0, 0.05) is 18.0 Å². The largest absolute Gasteiger partial charge is 0.389 e. The van der Waals surface area contributed by atoms with E-state index in [0.29, 0.717) is 12.8 Å². The van der Waals surface area contributed by atoms with E-state index in [1.54, 1.807) is 0 Å². The van der Waals surface area contributed by atoms with Crippen LogP contribution >= 0.6 is 0 Å². The maximum Gasteiger partial charge on any atom is 0.0743 e. The molecule has 2 heteroatoms. The number of piperidine rings is 1. The van der Waals surface area contributed by atoms with Gasteiger partial charge in [-0.25, -0.2) is 0 Å². The monoisotopic (exact) mass is 335 g/mol. The van der Waals surface area contributed by atoms with Crippen LogP contribution in [0.3, 0.4) is 0 Å². The SMILES string of the molecule is C=CC[C@@]1(O)C[C@H](c2ccc(C)cc2)N[C@H](c2ccc(C)cc2)[C@H]1C. The van der Waals surface area contributed by atoms with Gasteiger partial charge >= 0.3 is 0 Å². The van der Waals surface area contributed by atoms with Crippen molar-refractivity contribution in [2.24, 2.45) is 5.92 Å². The van der Waals surface area contributed by atoms with E-state index in [2.05, 4.69) is 81.2 Å². The average Bonchev–Trinajstić information content (AvgIpc) is 2.59. The number of hydrogen-bond donors (Lipinski definition) is 2. The first-order valence-corrected chi connectivity index (χ1v) is 9.15. The molecule has 0 aliphatic carbocycles. The Bertz CT molecular complexity index is 719. The average molecular weight is 335 g/mol. The molecule has 2 N–H and O–H groups in total. The Kier molecular flexibility index (Phi) is 5.12. The van der Waals surface area contributed by atoms with Crippen molar-refractivity contribution in [1.82, 2.24) is 5.32 Å². The van der Waals surface area contributed by atoms with E-state index in [9.17, 15) is 5.11 Å². The normalized spacial score (nSPS) is 29.4. The summed E-state index contributed by atoms with van der Waals surface area (Å²) in [5, 5.41) is 15.2. The molecule has 1 heterocycles. The fourth-order valence-electron chi connectivity index (χ4n) is 3.96. The molecular formula is C23H29NO. The summed E-state index contributed by atoms with van der Waals surface area (Å²) in [7, 11) is 0. The zero-order valence-corrected chi connectivity index (χ0v) is 15.5. The van der Waals surface area contributed by atoms with E-state index in [1.807, 2.05) is 6.08 Å². The van der Waals surface area contributed by atoms with Crippen molar-refractivity contribution in [2.45, 2.75) is 51.3 Å². The van der Waals surface area contributed by atoms with Crippen LogP contribution in [0.2, 0.25) is 0 Å². The maximum absolute atomic E-state index is 11.4. The van der Waals surface area contributed by atoms with Gasteiger partial charge in [0.1, 0.15) is 0 Å². The molecular weight excluding hydrogens is 306 g/mol. The number of aliphatic hydroxyl groups is 1. The van der Waals surface area contributed by atoms with Crippen LogP contribution in [-0.4, -0.2) is 10.7 Å². The number of nitrogens with one attached hydrogen (secondary N) is 1. The Morgan fingerprint density at radius 1 is 1.04 bits per heavy atom. The zero-order chi connectivity index (χ0) is 18.0. The second-order valence-corrected chi connectivity index (χ2v) is 7.61. The van der Waals surface area contributed by atoms with Gasteiger partial charge in [0.05, 0.1) is 5.60 Å². The van der Waals surface area contributed by atoms with Crippen LogP contribution < -0.4 is 5.32 Å². The molecule has 1 saturated heterocycles. The molecule has 4 atom stereocenters. The molecule has 3 rings (SSSR count). The predicted molar refractivity (Wildman–Crippen MR) is 105 cm³/mol. The topological polar surface area (TPSA) is 32.3 Å². The lowest BCUT2D eigenvalue weighted by Crippen LogP contribution is -2.51. The smallest absolute Gasteiger partial charge is 0.0743 e. The number of aryl methyl sites for hydroxylation is 2. The molecule has 1 aliphatic rings. The summed E-state index contributed by atoms with van der Waals surface area (Å²) >= 11 is 0. The van der Waals surface area contributed by atoms with Crippen LogP contribution in [-0.2, 0) is 0 Å². The van der Waals surface area contributed by atoms with Gasteiger partial charge in [-0.15, -0.1) is 6.58 Å². The summed E-state index contributed by atoms with van der Waals surface area (Å²) in [6, 6.07) is 17.5. The molecule has 2 aromatic carbocycles. The van der Waals surface area contributed by atoms with Gasteiger partial charge in [-0.2, -0.15) is 0 Å². The van der Waals surface area contributed by atoms with Gasteiger partial charge in [0.15, 0.2) is 0 Å². The third-order valence-corrected chi connectivity index (χ3v) is 5.70. The van der Waals surface area contributed by atoms with Crippen molar-refractivity contribution >= 4 is 0 Å². The Morgan fingerprint density at radius 3 is 2.08 bits per heavy atom. The van der Waals surface area contributed by atoms with Crippen molar-refractivity contribution in [3.8, 4) is 0 Å². The minimum Gasteiger partial charge on any atom is -0.389 e. The van der Waals surface area contributed by atoms with Crippen LogP contribution in [0.15, 0.2) is 61.2 Å². The Morgan fingerprint density at radius 2 is 1.56 bits per heavy atom. The van der Waals surface area contributed by atoms with Crippen molar-refractivity contribution in [1.29, 1.82) is 0 Å². The highest BCUT2D eigenvalue weighted by Gasteiger charge is 2.45. The maximum atomic E-state index is 11.4. The highest BCUT2D eigenvalue weighted by Crippen LogP contribution is 2.44. The Labute approximate surface area is 151 Å². The molecule has 2 aromatic rings. The highest BCUT2D eigenvalue weighted by atomic mass is 16.3. The molecule has 0 spiro atoms. The van der Waals surface area contributed by atoms with E-state index in [0.717, 1.165) is 0 Å². The molecule has 2 nitrogen and oxygen atoms in total. The second kappa shape index (κ2) is 7.15. The van der Waals surface area contributed by atoms with Gasteiger partial charge in [0.25, 0.3) is 0 Å². The molecule has 1 aliphatic heterocycles. The summed E-state index contributed by atoms with van der Waals surface area (Å²) in [5.74, 6) is 0.106. The second-order valence-electron chi connectivity index (χ2n) is 7.61. The van der Waals surface area contributed by atoms with Crippen LogP contribution in [0.4, 0.5) is 0 Å². The third-order valence-electron chi connectivity index (χ3n) is 5.70. The van der Waals surface area contributed by atoms with E-state index < -0.39 is 5.60 Å². The van der Waals surface area contributed by atoms with Crippen LogP contribution in [0, 0.1) is 19.8 Å². The lowest BCUT2D eigenvalue weighted by Gasteiger charge is -2.47. The third kappa shape index (κ3) is 3.70. The molecule has 0 amide bonds. The lowest BCUT2D eigenvalue weighted by molar-refractivity contribution is -0.0654. The standard InChI is InChI=1S/C23H29NO/c1-5-14-23(25)15-21(19-10-6-16(2)7-11-19)24-22(18(23)4)20-12-8-17(3)9-13-20/h5-13,18,21-22,24-25H,1,14-15H2,2-4H3/t18-,21-,22+,23-/m1/s1. The minimum absolute atomic E-state index is 0.106. The van der Waals surface area contributed by atoms with E-state index in [4.69, 9.17) is 0 Å². The van der Waals surface area contributed by atoms with Gasteiger partial charge in [-0.3, -0.25) is 0 Å². The molecule has 1 fully saturated rings. The quantitative estimate of drug-likeness (QED) is 0.769. The molecule has 132 valence electrons. The first-order valence-electron chi connectivity index (χ1n) is 9.15. The van der Waals surface area contributed by atoms with Crippen molar-refractivity contribution < 1.29 is 5.11 Å². The van der Waals surface area contributed by atoms with Crippen molar-refractivity contribution in [2.75, 3.05) is 0 Å². The number of rotatable bonds is 4. The Balaban J connectivity index is 1.97. The lowest BCUT2D eigenvalue weighted by atomic mass is 9.70. The van der Waals surface area contributed by atoms with Crippen molar-refractivity contribution in [3.05, 3.63) is 83.4 Å². The summed E-state index contributed by atoms with van der Waals surface area (Å²) in [4.78, 5) is 0. The molecule has 0 saturated carbocycles. The first-order chi connectivity index (χ1) is 11.9. The van der Waals surface area contributed by atoms with E-state index >= 15 is 0 Å². The molecule has 0 bridgehead atoms. The fourth-order valence-corrected chi connectivity index (χ4v) is 3.96. The summed E-state index contributed by atoms with van der Waals surface area (Å²) in [6.45, 7) is 10.2. The van der Waals surface area contributed by atoms with Gasteiger partial charge < -0.3 is 10.4 Å². The summed E-state index contributed by atoms with van der Waals surface area (Å²) in [5.41, 5.74) is 4.22. The Hall–Kier alpha value is -1.90. The zero-order valence-electron chi connectivity index (χ0n) is 15.5. The van der Waals surface area contributed by atoms with Crippen molar-refractivity contribution in [3.63, 3.8) is 0 Å². The predicted octanol–water partition coefficient (Wildman–Crippen LogP) is 5.02. The molecule has 0 unspecified atom stereocenters. The first kappa shape index (κ1) is 17.9. The minimum atomic E-state index is -0.752. The van der Waals surface area contributed by atoms with E-state index in [-0.39, 0.29) is 18.0 Å². The molecule has 0 aromatic heterocycles. The highest BCUT2D eigenvalue weighted by molar-refractivity contribution is 5.30. The van der Waals surface area contributed by atoms with Gasteiger partial charge in [-0.1, -0.05) is 72.7 Å². The van der Waals surface area contributed by atoms with Crippen LogP contribution in [0.1, 0.15) is 54.1 Å². The number of benzene rings is 2. The van der Waals surface area contributed by atoms with Gasteiger partial charge in [0.2, 0.25) is 0 Å².